The summed E-state index contributed by atoms with van der Waals surface area (Å²) in [6.07, 6.45) is 0. The summed E-state index contributed by atoms with van der Waals surface area (Å²) >= 11 is 5.85. The maximum Gasteiger partial charge on any atom is 0.253 e. The van der Waals surface area contributed by atoms with Gasteiger partial charge in [-0.2, -0.15) is 0 Å². The van der Waals surface area contributed by atoms with E-state index in [2.05, 4.69) is 10.3 Å². The lowest BCUT2D eigenvalue weighted by Gasteiger charge is -2.20. The number of benzene rings is 1. The second-order valence-corrected chi connectivity index (χ2v) is 4.64. The fourth-order valence-electron chi connectivity index (χ4n) is 1.92. The van der Waals surface area contributed by atoms with E-state index in [1.54, 1.807) is 25.1 Å². The minimum Gasteiger partial charge on any atom is -0.691 e. The zero-order valence-corrected chi connectivity index (χ0v) is 10.7. The van der Waals surface area contributed by atoms with Crippen molar-refractivity contribution >= 4 is 17.3 Å². The van der Waals surface area contributed by atoms with Gasteiger partial charge in [-0.25, -0.2) is 0 Å². The van der Waals surface area contributed by atoms with Crippen molar-refractivity contribution in [2.24, 2.45) is 5.22 Å². The third-order valence-corrected chi connectivity index (χ3v) is 3.00. The second-order valence-electron chi connectivity index (χ2n) is 4.20. The van der Waals surface area contributed by atoms with Crippen LogP contribution < -0.4 is 5.12 Å². The quantitative estimate of drug-likeness (QED) is 0.641. The highest BCUT2D eigenvalue weighted by atomic mass is 35.5. The van der Waals surface area contributed by atoms with Crippen LogP contribution >= 0.6 is 11.6 Å². The van der Waals surface area contributed by atoms with Gasteiger partial charge in [0.25, 0.3) is 5.88 Å². The van der Waals surface area contributed by atoms with Crippen molar-refractivity contribution in [1.82, 2.24) is 9.89 Å². The molecule has 0 radical (unpaired) electrons. The van der Waals surface area contributed by atoms with Gasteiger partial charge in [-0.15, -0.1) is 9.96 Å². The monoisotopic (exact) mass is 279 g/mol. The fourth-order valence-corrected chi connectivity index (χ4v) is 2.09. The normalized spacial score (nSPS) is 14.2. The van der Waals surface area contributed by atoms with Crippen molar-refractivity contribution in [3.8, 4) is 5.88 Å². The van der Waals surface area contributed by atoms with Gasteiger partial charge in [0.15, 0.2) is 12.2 Å². The van der Waals surface area contributed by atoms with Crippen molar-refractivity contribution in [2.45, 2.75) is 13.5 Å². The van der Waals surface area contributed by atoms with Crippen molar-refractivity contribution in [3.63, 3.8) is 0 Å². The van der Waals surface area contributed by atoms with E-state index in [-0.39, 0.29) is 5.88 Å². The zero-order valence-electron chi connectivity index (χ0n) is 9.99. The molecule has 98 valence electrons. The van der Waals surface area contributed by atoms with Crippen molar-refractivity contribution in [2.75, 3.05) is 5.12 Å². The molecule has 0 fully saturated rings. The van der Waals surface area contributed by atoms with Gasteiger partial charge in [0.05, 0.1) is 5.69 Å². The summed E-state index contributed by atoms with van der Waals surface area (Å²) in [6.45, 7) is 2.06. The number of fused-ring (bicyclic) bond motifs is 1. The van der Waals surface area contributed by atoms with Crippen LogP contribution in [0.25, 0.3) is 0 Å². The number of aryl methyl sites for hydroxylation is 1. The summed E-state index contributed by atoms with van der Waals surface area (Å²) in [5, 5.41) is 31.2. The van der Waals surface area contributed by atoms with Crippen LogP contribution in [0.4, 0.5) is 5.69 Å². The Morgan fingerprint density at radius 1 is 1.42 bits per heavy atom. The summed E-state index contributed by atoms with van der Waals surface area (Å²) in [7, 11) is 0. The summed E-state index contributed by atoms with van der Waals surface area (Å²) in [5.41, 5.74) is 1.78. The number of nitrogens with zero attached hydrogens (tertiary/aromatic N) is 5. The van der Waals surface area contributed by atoms with Gasteiger partial charge < -0.3 is 10.3 Å². The van der Waals surface area contributed by atoms with Gasteiger partial charge in [0.2, 0.25) is 0 Å². The molecule has 0 spiro atoms. The van der Waals surface area contributed by atoms with E-state index < -0.39 is 0 Å². The standard InChI is InChI=1S/C11H10ClN5O2/c1-7-4-11(18)16(13-7)15-6-8-2-3-9(12)5-10(8)17(19)14-15/h2-5,18H,6H2,1H3. The van der Waals surface area contributed by atoms with Crippen molar-refractivity contribution in [1.29, 1.82) is 0 Å². The molecule has 0 saturated heterocycles. The van der Waals surface area contributed by atoms with E-state index in [1.807, 2.05) is 0 Å². The molecule has 1 aromatic carbocycles. The molecule has 3 rings (SSSR count). The molecular formula is C11H10ClN5O2. The number of rotatable bonds is 1. The largest absolute Gasteiger partial charge is 0.691 e. The molecule has 19 heavy (non-hydrogen) atoms. The minimum atomic E-state index is -0.0768. The molecule has 1 N–H and O–H groups in total. The van der Waals surface area contributed by atoms with Crippen LogP contribution in [0.2, 0.25) is 5.02 Å². The van der Waals surface area contributed by atoms with E-state index in [0.717, 1.165) is 5.56 Å². The van der Waals surface area contributed by atoms with Crippen LogP contribution in [0.15, 0.2) is 29.5 Å². The molecule has 8 heteroatoms. The van der Waals surface area contributed by atoms with Crippen LogP contribution in [0.1, 0.15) is 11.3 Å². The third kappa shape index (κ3) is 1.97. The summed E-state index contributed by atoms with van der Waals surface area (Å²) in [4.78, 5) is 1.64. The number of hydrogen-bond donors (Lipinski definition) is 1. The third-order valence-electron chi connectivity index (χ3n) is 2.76. The first-order chi connectivity index (χ1) is 9.04. The number of halogens is 1. The highest BCUT2D eigenvalue weighted by Crippen LogP contribution is 2.28. The molecule has 0 saturated carbocycles. The number of aromatic nitrogens is 2. The SMILES string of the molecule is Cc1cc(O)n(N2Cc3ccc(Cl)cc3[N+]([O-])=N2)n1. The van der Waals surface area contributed by atoms with Crippen LogP contribution in [-0.2, 0) is 6.54 Å². The molecule has 7 nitrogen and oxygen atoms in total. The summed E-state index contributed by atoms with van der Waals surface area (Å²) in [6, 6.07) is 6.49. The lowest BCUT2D eigenvalue weighted by molar-refractivity contribution is -0.450. The molecule has 0 unspecified atom stereocenters. The Labute approximate surface area is 113 Å². The molecule has 1 aromatic heterocycles. The Balaban J connectivity index is 2.04. The Kier molecular flexibility index (Phi) is 2.56. The first-order valence-corrected chi connectivity index (χ1v) is 5.93. The zero-order chi connectivity index (χ0) is 13.6. The smallest absolute Gasteiger partial charge is 0.253 e. The molecule has 0 bridgehead atoms. The molecule has 0 aliphatic carbocycles. The lowest BCUT2D eigenvalue weighted by Crippen LogP contribution is -2.33. The molecular weight excluding hydrogens is 270 g/mol. The molecule has 2 heterocycles. The first kappa shape index (κ1) is 11.8. The van der Waals surface area contributed by atoms with Gasteiger partial charge in [0, 0.05) is 22.7 Å². The summed E-state index contributed by atoms with van der Waals surface area (Å²) in [5.74, 6) is -0.0768. The highest BCUT2D eigenvalue weighted by molar-refractivity contribution is 6.30. The molecule has 2 aromatic rings. The Morgan fingerprint density at radius 2 is 2.21 bits per heavy atom. The van der Waals surface area contributed by atoms with Crippen LogP contribution in [0.5, 0.6) is 5.88 Å². The minimum absolute atomic E-state index is 0.0768. The van der Waals surface area contributed by atoms with Crippen LogP contribution in [0, 0.1) is 12.1 Å². The van der Waals surface area contributed by atoms with Gasteiger partial charge in [-0.05, 0) is 29.0 Å². The molecule has 0 amide bonds. The molecule has 0 atom stereocenters. The maximum absolute atomic E-state index is 11.9. The maximum atomic E-state index is 11.9. The fraction of sp³-hybridized carbons (Fsp3) is 0.182. The average molecular weight is 280 g/mol. The summed E-state index contributed by atoms with van der Waals surface area (Å²) < 4.78 is 0. The van der Waals surface area contributed by atoms with Gasteiger partial charge in [-0.1, -0.05) is 11.6 Å². The number of aromatic hydroxyl groups is 1. The predicted octanol–water partition coefficient (Wildman–Crippen LogP) is 2.21. The van der Waals surface area contributed by atoms with Gasteiger partial charge in [0.1, 0.15) is 5.22 Å². The van der Waals surface area contributed by atoms with E-state index in [0.29, 0.717) is 27.8 Å². The van der Waals surface area contributed by atoms with E-state index in [1.165, 1.54) is 16.0 Å². The topological polar surface area (TPSA) is 79.7 Å². The van der Waals surface area contributed by atoms with E-state index in [4.69, 9.17) is 11.6 Å². The Hall–Kier alpha value is -2.28. The number of hydrogen-bond acceptors (Lipinski definition) is 5. The van der Waals surface area contributed by atoms with Gasteiger partial charge in [-0.3, -0.25) is 0 Å². The Morgan fingerprint density at radius 3 is 2.89 bits per heavy atom. The second kappa shape index (κ2) is 4.13. The Bertz CT molecular complexity index is 682. The van der Waals surface area contributed by atoms with E-state index >= 15 is 0 Å². The molecule has 1 aliphatic rings. The van der Waals surface area contributed by atoms with Crippen molar-refractivity contribution in [3.05, 3.63) is 45.8 Å². The van der Waals surface area contributed by atoms with Crippen LogP contribution in [-0.4, -0.2) is 19.9 Å². The van der Waals surface area contributed by atoms with Crippen molar-refractivity contribution < 1.29 is 9.97 Å². The molecule has 1 aliphatic heterocycles. The lowest BCUT2D eigenvalue weighted by atomic mass is 10.2. The van der Waals surface area contributed by atoms with E-state index in [9.17, 15) is 10.3 Å². The first-order valence-electron chi connectivity index (χ1n) is 5.55. The predicted molar refractivity (Wildman–Crippen MR) is 67.7 cm³/mol. The highest BCUT2D eigenvalue weighted by Gasteiger charge is 2.26. The van der Waals surface area contributed by atoms with Crippen LogP contribution in [0.3, 0.4) is 0 Å². The van der Waals surface area contributed by atoms with Gasteiger partial charge >= 0.3 is 0 Å². The average Bonchev–Trinajstić information content (AvgIpc) is 2.69.